The Hall–Kier alpha value is -0.450. The zero-order valence-corrected chi connectivity index (χ0v) is 11.0. The van der Waals surface area contributed by atoms with Crippen molar-refractivity contribution < 1.29 is 5.11 Å². The van der Waals surface area contributed by atoms with Crippen molar-refractivity contribution in [1.82, 2.24) is 10.3 Å². The summed E-state index contributed by atoms with van der Waals surface area (Å²) in [6, 6.07) is 0.299. The number of aryl methyl sites for hydroxylation is 2. The number of aliphatic hydroxyl groups excluding tert-OH is 1. The SMILES string of the molecule is CCc1nc(C)c(C(C)NC2(CO)CC2)s1. The smallest absolute Gasteiger partial charge is 0.0928 e. The molecule has 0 spiro atoms. The Labute approximate surface area is 101 Å². The van der Waals surface area contributed by atoms with E-state index in [1.807, 2.05) is 0 Å². The fourth-order valence-corrected chi connectivity index (χ4v) is 3.05. The van der Waals surface area contributed by atoms with E-state index in [1.165, 1.54) is 9.88 Å². The van der Waals surface area contributed by atoms with E-state index in [0.29, 0.717) is 6.04 Å². The molecule has 3 nitrogen and oxygen atoms in total. The van der Waals surface area contributed by atoms with Crippen LogP contribution in [0.5, 0.6) is 0 Å². The molecule has 1 atom stereocenters. The molecule has 1 heterocycles. The van der Waals surface area contributed by atoms with Crippen molar-refractivity contribution in [3.8, 4) is 0 Å². The molecule has 1 fully saturated rings. The number of nitrogens with zero attached hydrogens (tertiary/aromatic N) is 1. The van der Waals surface area contributed by atoms with Crippen LogP contribution >= 0.6 is 11.3 Å². The van der Waals surface area contributed by atoms with Crippen molar-refractivity contribution in [2.24, 2.45) is 0 Å². The second kappa shape index (κ2) is 4.43. The largest absolute Gasteiger partial charge is 0.394 e. The van der Waals surface area contributed by atoms with Crippen molar-refractivity contribution in [3.05, 3.63) is 15.6 Å². The highest BCUT2D eigenvalue weighted by molar-refractivity contribution is 7.11. The highest BCUT2D eigenvalue weighted by atomic mass is 32.1. The molecule has 1 aliphatic rings. The van der Waals surface area contributed by atoms with Gasteiger partial charge in [0.25, 0.3) is 0 Å². The molecular weight excluding hydrogens is 220 g/mol. The molecule has 1 unspecified atom stereocenters. The summed E-state index contributed by atoms with van der Waals surface area (Å²) in [4.78, 5) is 5.86. The van der Waals surface area contributed by atoms with Crippen LogP contribution in [0.15, 0.2) is 0 Å². The summed E-state index contributed by atoms with van der Waals surface area (Å²) in [7, 11) is 0. The van der Waals surface area contributed by atoms with Gasteiger partial charge in [0, 0.05) is 16.5 Å². The van der Waals surface area contributed by atoms with Gasteiger partial charge in [-0.2, -0.15) is 0 Å². The van der Waals surface area contributed by atoms with Crippen LogP contribution in [0.3, 0.4) is 0 Å². The third-order valence-electron chi connectivity index (χ3n) is 3.25. The highest BCUT2D eigenvalue weighted by Crippen LogP contribution is 2.38. The normalized spacial score (nSPS) is 19.8. The third-order valence-corrected chi connectivity index (χ3v) is 4.74. The van der Waals surface area contributed by atoms with Gasteiger partial charge in [0.15, 0.2) is 0 Å². The van der Waals surface area contributed by atoms with Gasteiger partial charge in [-0.25, -0.2) is 4.98 Å². The van der Waals surface area contributed by atoms with Crippen LogP contribution in [0.25, 0.3) is 0 Å². The highest BCUT2D eigenvalue weighted by Gasteiger charge is 2.43. The summed E-state index contributed by atoms with van der Waals surface area (Å²) in [5.74, 6) is 0. The molecule has 2 rings (SSSR count). The first-order chi connectivity index (χ1) is 7.60. The maximum Gasteiger partial charge on any atom is 0.0928 e. The zero-order valence-electron chi connectivity index (χ0n) is 10.2. The maximum atomic E-state index is 9.30. The predicted molar refractivity (Wildman–Crippen MR) is 66.8 cm³/mol. The molecule has 0 amide bonds. The van der Waals surface area contributed by atoms with Crippen LogP contribution in [-0.4, -0.2) is 22.2 Å². The minimum atomic E-state index is 0.00221. The Morgan fingerprint density at radius 3 is 2.69 bits per heavy atom. The Balaban J connectivity index is 2.08. The monoisotopic (exact) mass is 240 g/mol. The van der Waals surface area contributed by atoms with Gasteiger partial charge < -0.3 is 10.4 Å². The van der Waals surface area contributed by atoms with E-state index in [4.69, 9.17) is 0 Å². The number of hydrogen-bond donors (Lipinski definition) is 2. The Kier molecular flexibility index (Phi) is 3.33. The second-order valence-electron chi connectivity index (χ2n) is 4.72. The van der Waals surface area contributed by atoms with E-state index in [2.05, 4.69) is 31.1 Å². The minimum absolute atomic E-state index is 0.00221. The molecule has 0 aliphatic heterocycles. The second-order valence-corrected chi connectivity index (χ2v) is 5.83. The fraction of sp³-hybridized carbons (Fsp3) is 0.750. The Bertz CT molecular complexity index is 371. The molecule has 4 heteroatoms. The van der Waals surface area contributed by atoms with Crippen LogP contribution in [0.4, 0.5) is 0 Å². The summed E-state index contributed by atoms with van der Waals surface area (Å²) in [6.07, 6.45) is 3.18. The number of nitrogens with one attached hydrogen (secondary N) is 1. The number of hydrogen-bond acceptors (Lipinski definition) is 4. The first kappa shape index (κ1) is 12.0. The van der Waals surface area contributed by atoms with Crippen LogP contribution in [0.1, 0.15) is 48.3 Å². The average Bonchev–Trinajstić information content (AvgIpc) is 2.94. The first-order valence-corrected chi connectivity index (χ1v) is 6.76. The van der Waals surface area contributed by atoms with Gasteiger partial charge in [-0.1, -0.05) is 6.92 Å². The van der Waals surface area contributed by atoms with E-state index in [0.717, 1.165) is 25.0 Å². The number of aliphatic hydroxyl groups is 1. The zero-order chi connectivity index (χ0) is 11.8. The maximum absolute atomic E-state index is 9.30. The molecule has 1 aromatic rings. The van der Waals surface area contributed by atoms with Gasteiger partial charge in [-0.15, -0.1) is 11.3 Å². The molecule has 16 heavy (non-hydrogen) atoms. The van der Waals surface area contributed by atoms with Crippen LogP contribution in [-0.2, 0) is 6.42 Å². The summed E-state index contributed by atoms with van der Waals surface area (Å²) in [6.45, 7) is 6.61. The molecule has 1 aliphatic carbocycles. The van der Waals surface area contributed by atoms with E-state index in [9.17, 15) is 5.11 Å². The van der Waals surface area contributed by atoms with E-state index >= 15 is 0 Å². The van der Waals surface area contributed by atoms with Crippen molar-refractivity contribution in [1.29, 1.82) is 0 Å². The summed E-state index contributed by atoms with van der Waals surface area (Å²) >= 11 is 1.79. The molecule has 0 bridgehead atoms. The number of aromatic nitrogens is 1. The van der Waals surface area contributed by atoms with E-state index in [-0.39, 0.29) is 12.1 Å². The topological polar surface area (TPSA) is 45.2 Å². The first-order valence-electron chi connectivity index (χ1n) is 5.95. The van der Waals surface area contributed by atoms with Crippen molar-refractivity contribution in [3.63, 3.8) is 0 Å². The van der Waals surface area contributed by atoms with Gasteiger partial charge >= 0.3 is 0 Å². The molecule has 1 aromatic heterocycles. The number of rotatable bonds is 5. The van der Waals surface area contributed by atoms with Crippen molar-refractivity contribution >= 4 is 11.3 Å². The van der Waals surface area contributed by atoms with Gasteiger partial charge in [-0.3, -0.25) is 0 Å². The fourth-order valence-electron chi connectivity index (χ4n) is 2.04. The van der Waals surface area contributed by atoms with Gasteiger partial charge in [0.1, 0.15) is 0 Å². The van der Waals surface area contributed by atoms with Crippen LogP contribution in [0, 0.1) is 6.92 Å². The molecule has 2 N–H and O–H groups in total. The van der Waals surface area contributed by atoms with Crippen molar-refractivity contribution in [2.75, 3.05) is 6.61 Å². The minimum Gasteiger partial charge on any atom is -0.394 e. The van der Waals surface area contributed by atoms with Crippen LogP contribution in [0.2, 0.25) is 0 Å². The summed E-state index contributed by atoms with van der Waals surface area (Å²) < 4.78 is 0. The van der Waals surface area contributed by atoms with E-state index in [1.54, 1.807) is 11.3 Å². The lowest BCUT2D eigenvalue weighted by Crippen LogP contribution is -2.36. The lowest BCUT2D eigenvalue weighted by atomic mass is 10.2. The average molecular weight is 240 g/mol. The third kappa shape index (κ3) is 2.29. The van der Waals surface area contributed by atoms with Gasteiger partial charge in [0.05, 0.1) is 17.3 Å². The molecule has 90 valence electrons. The van der Waals surface area contributed by atoms with Crippen LogP contribution < -0.4 is 5.32 Å². The molecular formula is C12H20N2OS. The quantitative estimate of drug-likeness (QED) is 0.829. The Morgan fingerprint density at radius 1 is 1.56 bits per heavy atom. The number of thiazole rings is 1. The van der Waals surface area contributed by atoms with Gasteiger partial charge in [0.2, 0.25) is 0 Å². The van der Waals surface area contributed by atoms with E-state index < -0.39 is 0 Å². The van der Waals surface area contributed by atoms with Crippen molar-refractivity contribution in [2.45, 2.75) is 51.6 Å². The predicted octanol–water partition coefficient (Wildman–Crippen LogP) is 2.19. The molecule has 0 aromatic carbocycles. The molecule has 0 radical (unpaired) electrons. The Morgan fingerprint density at radius 2 is 2.25 bits per heavy atom. The standard InChI is InChI=1S/C12H20N2OS/c1-4-10-13-8(2)11(16-10)9(3)14-12(7-15)5-6-12/h9,14-15H,4-7H2,1-3H3. The lowest BCUT2D eigenvalue weighted by molar-refractivity contribution is 0.221. The summed E-state index contributed by atoms with van der Waals surface area (Å²) in [5.41, 5.74) is 1.14. The molecule has 1 saturated carbocycles. The van der Waals surface area contributed by atoms with Gasteiger partial charge in [-0.05, 0) is 33.1 Å². The molecule has 0 saturated heterocycles. The summed E-state index contributed by atoms with van der Waals surface area (Å²) in [5, 5.41) is 14.0. The lowest BCUT2D eigenvalue weighted by Gasteiger charge is -2.20.